The molecule has 1 aromatic heterocycles. The maximum atomic E-state index is 4.34. The molecule has 4 nitrogen and oxygen atoms in total. The molecule has 0 amide bonds. The number of piperidine rings is 1. The largest absolute Gasteiger partial charge is 0.356 e. The molecule has 0 aromatic carbocycles. The Bertz CT molecular complexity index is 307. The zero-order chi connectivity index (χ0) is 10.7. The summed E-state index contributed by atoms with van der Waals surface area (Å²) in [6.07, 6.45) is 6.51. The van der Waals surface area contributed by atoms with E-state index in [0.717, 1.165) is 19.0 Å². The van der Waals surface area contributed by atoms with Crippen LogP contribution in [0.4, 0.5) is 5.95 Å². The lowest BCUT2D eigenvalue weighted by Crippen LogP contribution is -2.33. The third kappa shape index (κ3) is 2.31. The summed E-state index contributed by atoms with van der Waals surface area (Å²) in [5.74, 6) is 1.01. The molecule has 1 fully saturated rings. The Hall–Kier alpha value is -1.03. The predicted octanol–water partition coefficient (Wildman–Crippen LogP) is 1.58. The molecular formula is C11H20N4. The van der Waals surface area contributed by atoms with Crippen LogP contribution in [0.2, 0.25) is 0 Å². The monoisotopic (exact) mass is 208 g/mol. The van der Waals surface area contributed by atoms with Gasteiger partial charge in [-0.25, -0.2) is 4.98 Å². The van der Waals surface area contributed by atoms with Gasteiger partial charge in [0.05, 0.1) is 0 Å². The van der Waals surface area contributed by atoms with Gasteiger partial charge in [0.1, 0.15) is 0 Å². The Kier molecular flexibility index (Phi) is 3.26. The van der Waals surface area contributed by atoms with E-state index in [1.54, 1.807) is 0 Å². The van der Waals surface area contributed by atoms with E-state index in [4.69, 9.17) is 0 Å². The van der Waals surface area contributed by atoms with Crippen LogP contribution in [0.3, 0.4) is 0 Å². The number of hydrogen-bond donors (Lipinski definition) is 1. The molecule has 84 valence electrons. The van der Waals surface area contributed by atoms with Crippen molar-refractivity contribution in [3.8, 4) is 0 Å². The van der Waals surface area contributed by atoms with E-state index in [1.165, 1.54) is 19.4 Å². The van der Waals surface area contributed by atoms with Gasteiger partial charge in [0, 0.05) is 31.5 Å². The highest BCUT2D eigenvalue weighted by Crippen LogP contribution is 2.23. The van der Waals surface area contributed by atoms with Crippen LogP contribution < -0.4 is 5.32 Å². The van der Waals surface area contributed by atoms with E-state index in [1.807, 2.05) is 6.20 Å². The van der Waals surface area contributed by atoms with Crippen LogP contribution in [-0.4, -0.2) is 41.1 Å². The molecule has 2 heterocycles. The van der Waals surface area contributed by atoms with E-state index >= 15 is 0 Å². The topological polar surface area (TPSA) is 33.1 Å². The first kappa shape index (κ1) is 10.5. The van der Waals surface area contributed by atoms with Crippen LogP contribution in [0, 0.1) is 0 Å². The lowest BCUT2D eigenvalue weighted by atomic mass is 10.1. The van der Waals surface area contributed by atoms with Crippen molar-refractivity contribution < 1.29 is 0 Å². The van der Waals surface area contributed by atoms with Crippen LogP contribution >= 0.6 is 0 Å². The minimum atomic E-state index is 0.584. The van der Waals surface area contributed by atoms with Crippen LogP contribution in [0.5, 0.6) is 0 Å². The third-order valence-corrected chi connectivity index (χ3v) is 3.00. The second kappa shape index (κ2) is 4.66. The number of likely N-dealkylation sites (tertiary alicyclic amines) is 1. The van der Waals surface area contributed by atoms with E-state index in [9.17, 15) is 0 Å². The standard InChI is InChI=1S/C11H20N4/c1-3-12-11-13-6-8-15(11)10-5-4-7-14(2)9-10/h6,8,10H,3-5,7,9H2,1-2H3,(H,12,13). The smallest absolute Gasteiger partial charge is 0.203 e. The fourth-order valence-electron chi connectivity index (χ4n) is 2.27. The van der Waals surface area contributed by atoms with Gasteiger partial charge in [-0.3, -0.25) is 0 Å². The van der Waals surface area contributed by atoms with Crippen molar-refractivity contribution in [2.45, 2.75) is 25.8 Å². The molecule has 1 aliphatic rings. The van der Waals surface area contributed by atoms with Gasteiger partial charge in [0.15, 0.2) is 0 Å². The Morgan fingerprint density at radius 3 is 3.20 bits per heavy atom. The molecule has 2 rings (SSSR count). The summed E-state index contributed by atoms with van der Waals surface area (Å²) in [4.78, 5) is 6.73. The number of aromatic nitrogens is 2. The molecule has 1 unspecified atom stereocenters. The number of imidazole rings is 1. The van der Waals surface area contributed by atoms with Crippen molar-refractivity contribution in [3.05, 3.63) is 12.4 Å². The van der Waals surface area contributed by atoms with Crippen molar-refractivity contribution >= 4 is 5.95 Å². The fourth-order valence-corrected chi connectivity index (χ4v) is 2.27. The molecule has 0 bridgehead atoms. The molecule has 0 saturated carbocycles. The SMILES string of the molecule is CCNc1nccn1C1CCCN(C)C1. The van der Waals surface area contributed by atoms with Gasteiger partial charge >= 0.3 is 0 Å². The Morgan fingerprint density at radius 2 is 2.47 bits per heavy atom. The first-order valence-corrected chi connectivity index (χ1v) is 5.76. The summed E-state index contributed by atoms with van der Waals surface area (Å²) < 4.78 is 2.28. The number of nitrogens with one attached hydrogen (secondary N) is 1. The molecule has 1 atom stereocenters. The van der Waals surface area contributed by atoms with Crippen molar-refractivity contribution in [3.63, 3.8) is 0 Å². The molecule has 0 aliphatic carbocycles. The summed E-state index contributed by atoms with van der Waals surface area (Å²) >= 11 is 0. The summed E-state index contributed by atoms with van der Waals surface area (Å²) in [6.45, 7) is 5.39. The van der Waals surface area contributed by atoms with Gasteiger partial charge in [-0.15, -0.1) is 0 Å². The maximum Gasteiger partial charge on any atom is 0.203 e. The minimum absolute atomic E-state index is 0.584. The maximum absolute atomic E-state index is 4.34. The first-order chi connectivity index (χ1) is 7.31. The molecule has 1 aromatic rings. The highest BCUT2D eigenvalue weighted by molar-refractivity contribution is 5.26. The molecule has 15 heavy (non-hydrogen) atoms. The second-order valence-electron chi connectivity index (χ2n) is 4.25. The van der Waals surface area contributed by atoms with Crippen molar-refractivity contribution in [1.82, 2.24) is 14.5 Å². The molecule has 0 spiro atoms. The van der Waals surface area contributed by atoms with Gasteiger partial charge in [-0.1, -0.05) is 0 Å². The third-order valence-electron chi connectivity index (χ3n) is 3.00. The molecule has 1 saturated heterocycles. The van der Waals surface area contributed by atoms with Gasteiger partial charge in [-0.05, 0) is 33.4 Å². The van der Waals surface area contributed by atoms with Gasteiger partial charge in [-0.2, -0.15) is 0 Å². The molecular weight excluding hydrogens is 188 g/mol. The molecule has 1 N–H and O–H groups in total. The summed E-state index contributed by atoms with van der Waals surface area (Å²) in [5.41, 5.74) is 0. The quantitative estimate of drug-likeness (QED) is 0.818. The summed E-state index contributed by atoms with van der Waals surface area (Å²) in [5, 5.41) is 3.30. The van der Waals surface area contributed by atoms with Crippen molar-refractivity contribution in [2.75, 3.05) is 32.0 Å². The van der Waals surface area contributed by atoms with Gasteiger partial charge in [0.2, 0.25) is 5.95 Å². The van der Waals surface area contributed by atoms with Crippen molar-refractivity contribution in [2.24, 2.45) is 0 Å². The highest BCUT2D eigenvalue weighted by atomic mass is 15.2. The van der Waals surface area contributed by atoms with Crippen molar-refractivity contribution in [1.29, 1.82) is 0 Å². The molecule has 0 radical (unpaired) electrons. The number of anilines is 1. The average Bonchev–Trinajstić information content (AvgIpc) is 2.66. The molecule has 4 heteroatoms. The Morgan fingerprint density at radius 1 is 1.60 bits per heavy atom. The van der Waals surface area contributed by atoms with E-state index in [-0.39, 0.29) is 0 Å². The average molecular weight is 208 g/mol. The van der Waals surface area contributed by atoms with Crippen LogP contribution in [-0.2, 0) is 0 Å². The van der Waals surface area contributed by atoms with E-state index in [0.29, 0.717) is 6.04 Å². The number of rotatable bonds is 3. The van der Waals surface area contributed by atoms with Gasteiger partial charge in [0.25, 0.3) is 0 Å². The number of likely N-dealkylation sites (N-methyl/N-ethyl adjacent to an activating group) is 1. The predicted molar refractivity (Wildman–Crippen MR) is 62.2 cm³/mol. The lowest BCUT2D eigenvalue weighted by molar-refractivity contribution is 0.213. The Labute approximate surface area is 91.3 Å². The minimum Gasteiger partial charge on any atom is -0.356 e. The Balaban J connectivity index is 2.10. The lowest BCUT2D eigenvalue weighted by Gasteiger charge is -2.31. The van der Waals surface area contributed by atoms with Gasteiger partial charge < -0.3 is 14.8 Å². The zero-order valence-corrected chi connectivity index (χ0v) is 9.61. The molecule has 1 aliphatic heterocycles. The summed E-state index contributed by atoms with van der Waals surface area (Å²) in [6, 6.07) is 0.584. The number of hydrogen-bond acceptors (Lipinski definition) is 3. The van der Waals surface area contributed by atoms with Crippen LogP contribution in [0.25, 0.3) is 0 Å². The first-order valence-electron chi connectivity index (χ1n) is 5.76. The van der Waals surface area contributed by atoms with E-state index in [2.05, 4.69) is 39.9 Å². The summed E-state index contributed by atoms with van der Waals surface area (Å²) in [7, 11) is 2.19. The second-order valence-corrected chi connectivity index (χ2v) is 4.25. The van der Waals surface area contributed by atoms with E-state index < -0.39 is 0 Å². The normalized spacial score (nSPS) is 22.9. The van der Waals surface area contributed by atoms with Crippen LogP contribution in [0.1, 0.15) is 25.8 Å². The zero-order valence-electron chi connectivity index (χ0n) is 9.61. The van der Waals surface area contributed by atoms with Crippen LogP contribution in [0.15, 0.2) is 12.4 Å². The number of nitrogens with zero attached hydrogens (tertiary/aromatic N) is 3. The highest BCUT2D eigenvalue weighted by Gasteiger charge is 2.20. The fraction of sp³-hybridized carbons (Fsp3) is 0.727.